The number of nitrogens with zero attached hydrogens (tertiary/aromatic N) is 4. The summed E-state index contributed by atoms with van der Waals surface area (Å²) in [5, 5.41) is 17.5. The lowest BCUT2D eigenvalue weighted by molar-refractivity contribution is -0.0500. The standard InChI is InChI=1S/C28H40F2N6O3S/c1-25(2,3)39-24(37)34-22(18-8-12-28(29,30)13-9-18)20-16-36-21(33-20)14-19(15-32-36)23(27(17-31)10-7-11-27)35-40(38)26(4,5)6/h14-16,18,22-23,35H,7-13H2,1-6H3,(H,34,37)/t22-,23+,40+/m0/s1. The molecule has 2 aliphatic carbocycles. The predicted octanol–water partition coefficient (Wildman–Crippen LogP) is 5.91. The molecular formula is C28H40F2N6O3S. The highest BCUT2D eigenvalue weighted by Crippen LogP contribution is 2.50. The maximum absolute atomic E-state index is 13.9. The Morgan fingerprint density at radius 2 is 1.88 bits per heavy atom. The average molecular weight is 579 g/mol. The second-order valence-corrected chi connectivity index (χ2v) is 15.1. The Kier molecular flexibility index (Phi) is 8.43. The number of hydrogen-bond donors (Lipinski definition) is 2. The number of hydrogen-bond acceptors (Lipinski definition) is 7. The first-order valence-corrected chi connectivity index (χ1v) is 15.0. The van der Waals surface area contributed by atoms with Crippen LogP contribution in [0.2, 0.25) is 0 Å². The summed E-state index contributed by atoms with van der Waals surface area (Å²) >= 11 is -1.42. The molecule has 12 heteroatoms. The second-order valence-electron chi connectivity index (χ2n) is 13.1. The molecule has 2 aromatic rings. The van der Waals surface area contributed by atoms with Gasteiger partial charge in [-0.05, 0) is 84.8 Å². The monoisotopic (exact) mass is 578 g/mol. The minimum Gasteiger partial charge on any atom is -0.598 e. The first-order chi connectivity index (χ1) is 18.5. The van der Waals surface area contributed by atoms with E-state index >= 15 is 0 Å². The number of nitriles is 1. The molecule has 0 unspecified atom stereocenters. The summed E-state index contributed by atoms with van der Waals surface area (Å²) in [6.45, 7) is 10.9. The van der Waals surface area contributed by atoms with E-state index in [1.807, 2.05) is 26.8 Å². The van der Waals surface area contributed by atoms with Crippen LogP contribution in [-0.4, -0.2) is 41.5 Å². The van der Waals surface area contributed by atoms with Crippen LogP contribution in [0.1, 0.15) is 110 Å². The number of imidazole rings is 1. The van der Waals surface area contributed by atoms with Crippen molar-refractivity contribution in [2.45, 2.75) is 115 Å². The van der Waals surface area contributed by atoms with Gasteiger partial charge in [0.1, 0.15) is 10.3 Å². The molecule has 2 aromatic heterocycles. The Labute approximate surface area is 237 Å². The average Bonchev–Trinajstić information content (AvgIpc) is 3.23. The lowest BCUT2D eigenvalue weighted by atomic mass is 9.64. The van der Waals surface area contributed by atoms with Gasteiger partial charge in [0.25, 0.3) is 0 Å². The van der Waals surface area contributed by atoms with E-state index in [1.165, 1.54) is 0 Å². The number of nitrogens with one attached hydrogen (secondary N) is 2. The number of rotatable bonds is 7. The van der Waals surface area contributed by atoms with Crippen molar-refractivity contribution < 1.29 is 22.9 Å². The van der Waals surface area contributed by atoms with Gasteiger partial charge in [-0.1, -0.05) is 6.42 Å². The first kappa shape index (κ1) is 30.5. The Hall–Kier alpha value is -2.49. The molecule has 2 N–H and O–H groups in total. The third-order valence-electron chi connectivity index (χ3n) is 7.72. The van der Waals surface area contributed by atoms with E-state index in [-0.39, 0.29) is 31.6 Å². The van der Waals surface area contributed by atoms with Crippen molar-refractivity contribution in [3.05, 3.63) is 29.7 Å². The van der Waals surface area contributed by atoms with E-state index in [0.717, 1.165) is 6.42 Å². The van der Waals surface area contributed by atoms with Gasteiger partial charge >= 0.3 is 6.09 Å². The summed E-state index contributed by atoms with van der Waals surface area (Å²) in [7, 11) is 0. The van der Waals surface area contributed by atoms with Crippen LogP contribution in [0.3, 0.4) is 0 Å². The van der Waals surface area contributed by atoms with Crippen molar-refractivity contribution in [3.8, 4) is 6.07 Å². The van der Waals surface area contributed by atoms with Crippen molar-refractivity contribution in [2.24, 2.45) is 11.3 Å². The summed E-state index contributed by atoms with van der Waals surface area (Å²) in [5.41, 5.74) is 0.233. The van der Waals surface area contributed by atoms with Gasteiger partial charge in [0, 0.05) is 24.2 Å². The van der Waals surface area contributed by atoms with E-state index in [9.17, 15) is 23.4 Å². The SMILES string of the molecule is CC(C)(C)OC(=O)N[C@H](c1cn2ncc([C@@H](N[S@+]([O-])C(C)(C)C)C3(C#N)CCC3)cc2n1)C1CCC(F)(F)CC1. The number of ether oxygens (including phenoxy) is 1. The normalized spacial score (nSPS) is 21.6. The molecule has 9 nitrogen and oxygen atoms in total. The lowest BCUT2D eigenvalue weighted by Crippen LogP contribution is -2.49. The number of alkyl halides is 2. The third kappa shape index (κ3) is 6.86. The molecule has 4 rings (SSSR count). The zero-order valence-corrected chi connectivity index (χ0v) is 24.9. The summed E-state index contributed by atoms with van der Waals surface area (Å²) in [6, 6.07) is 3.11. The van der Waals surface area contributed by atoms with Gasteiger partial charge in [-0.3, -0.25) is 0 Å². The molecule has 2 fully saturated rings. The Morgan fingerprint density at radius 1 is 1.23 bits per heavy atom. The van der Waals surface area contributed by atoms with Crippen LogP contribution in [0.15, 0.2) is 18.5 Å². The molecule has 0 spiro atoms. The molecule has 2 saturated carbocycles. The second kappa shape index (κ2) is 11.1. The van der Waals surface area contributed by atoms with Crippen LogP contribution in [0, 0.1) is 22.7 Å². The highest BCUT2D eigenvalue weighted by Gasteiger charge is 2.49. The Bertz CT molecular complexity index is 1250. The summed E-state index contributed by atoms with van der Waals surface area (Å²) < 4.78 is 50.7. The third-order valence-corrected chi connectivity index (χ3v) is 9.28. The molecule has 2 aliphatic rings. The van der Waals surface area contributed by atoms with E-state index < -0.39 is 51.2 Å². The van der Waals surface area contributed by atoms with Crippen molar-refractivity contribution in [2.75, 3.05) is 0 Å². The molecule has 2 heterocycles. The first-order valence-electron chi connectivity index (χ1n) is 13.8. The minimum atomic E-state index is -2.71. The number of fused-ring (bicyclic) bond motifs is 1. The number of aromatic nitrogens is 3. The molecule has 0 aromatic carbocycles. The van der Waals surface area contributed by atoms with Gasteiger partial charge in [-0.25, -0.2) is 23.1 Å². The molecular weight excluding hydrogens is 538 g/mol. The highest BCUT2D eigenvalue weighted by molar-refractivity contribution is 7.90. The van der Waals surface area contributed by atoms with Crippen LogP contribution in [0.5, 0.6) is 0 Å². The molecule has 1 amide bonds. The molecule has 0 saturated heterocycles. The summed E-state index contributed by atoms with van der Waals surface area (Å²) in [5.74, 6) is -2.97. The van der Waals surface area contributed by atoms with Crippen LogP contribution in [0.25, 0.3) is 5.65 Å². The molecule has 0 radical (unpaired) electrons. The van der Waals surface area contributed by atoms with Gasteiger partial charge in [0.15, 0.2) is 5.65 Å². The van der Waals surface area contributed by atoms with Crippen LogP contribution < -0.4 is 10.0 Å². The number of amides is 1. The minimum absolute atomic E-state index is 0.231. The van der Waals surface area contributed by atoms with Gasteiger partial charge in [-0.2, -0.15) is 10.4 Å². The summed E-state index contributed by atoms with van der Waals surface area (Å²) in [4.78, 5) is 17.5. The molecule has 0 aliphatic heterocycles. The Balaban J connectivity index is 1.67. The predicted molar refractivity (Wildman–Crippen MR) is 148 cm³/mol. The fourth-order valence-corrected chi connectivity index (χ4v) is 6.22. The van der Waals surface area contributed by atoms with Gasteiger partial charge in [-0.15, -0.1) is 4.72 Å². The fraction of sp³-hybridized carbons (Fsp3) is 0.714. The maximum Gasteiger partial charge on any atom is 0.408 e. The van der Waals surface area contributed by atoms with Crippen molar-refractivity contribution >= 4 is 23.1 Å². The molecule has 3 atom stereocenters. The van der Waals surface area contributed by atoms with E-state index in [2.05, 4.69) is 21.2 Å². The van der Waals surface area contributed by atoms with Gasteiger partial charge in [0.05, 0.1) is 41.7 Å². The number of alkyl carbamates (subject to hydrolysis) is 1. The topological polar surface area (TPSA) is 127 Å². The number of halogens is 2. The van der Waals surface area contributed by atoms with Gasteiger partial charge < -0.3 is 14.6 Å². The highest BCUT2D eigenvalue weighted by atomic mass is 32.2. The Morgan fingerprint density at radius 3 is 2.40 bits per heavy atom. The molecule has 220 valence electrons. The van der Waals surface area contributed by atoms with E-state index in [4.69, 9.17) is 9.72 Å². The zero-order valence-electron chi connectivity index (χ0n) is 24.1. The van der Waals surface area contributed by atoms with E-state index in [1.54, 1.807) is 37.7 Å². The van der Waals surface area contributed by atoms with Gasteiger partial charge in [0.2, 0.25) is 5.92 Å². The largest absolute Gasteiger partial charge is 0.598 e. The fourth-order valence-electron chi connectivity index (χ4n) is 5.29. The summed E-state index contributed by atoms with van der Waals surface area (Å²) in [6.07, 6.45) is 4.92. The van der Waals surface area contributed by atoms with Crippen LogP contribution in [0.4, 0.5) is 13.6 Å². The molecule has 0 bridgehead atoms. The number of carbonyl (C=O) groups excluding carboxylic acids is 1. The lowest BCUT2D eigenvalue weighted by Gasteiger charge is -2.42. The quantitative estimate of drug-likeness (QED) is 0.391. The molecule has 40 heavy (non-hydrogen) atoms. The van der Waals surface area contributed by atoms with Crippen molar-refractivity contribution in [1.29, 1.82) is 5.26 Å². The maximum atomic E-state index is 13.9. The zero-order chi connectivity index (χ0) is 29.5. The van der Waals surface area contributed by atoms with Crippen LogP contribution >= 0.6 is 0 Å². The van der Waals surface area contributed by atoms with Crippen molar-refractivity contribution in [1.82, 2.24) is 24.6 Å². The van der Waals surface area contributed by atoms with E-state index in [0.29, 0.717) is 29.7 Å². The van der Waals surface area contributed by atoms with Crippen molar-refractivity contribution in [3.63, 3.8) is 0 Å². The smallest absolute Gasteiger partial charge is 0.408 e. The van der Waals surface area contributed by atoms with Crippen LogP contribution in [-0.2, 0) is 16.1 Å². The number of carbonyl (C=O) groups is 1.